The Bertz CT molecular complexity index is 565. The zero-order valence-corrected chi connectivity index (χ0v) is 13.1. The highest BCUT2D eigenvalue weighted by molar-refractivity contribution is 7.09. The maximum Gasteiger partial charge on any atom is 0.228 e. The van der Waals surface area contributed by atoms with Crippen LogP contribution in [0.5, 0.6) is 0 Å². The first-order chi connectivity index (χ1) is 10.1. The number of nitrogens with one attached hydrogen (secondary N) is 1. The number of carbonyl (C=O) groups excluding carboxylic acids is 1. The van der Waals surface area contributed by atoms with Crippen molar-refractivity contribution in [1.29, 1.82) is 0 Å². The third kappa shape index (κ3) is 4.39. The average molecular weight is 305 g/mol. The lowest BCUT2D eigenvalue weighted by atomic mass is 9.93. The number of halogens is 1. The summed E-state index contributed by atoms with van der Waals surface area (Å²) in [5, 5.41) is 5.03. The SMILES string of the molecule is CCC(C)NC(=O)C(Cc1cccs1)c1ccc(F)cc1. The van der Waals surface area contributed by atoms with E-state index in [9.17, 15) is 9.18 Å². The van der Waals surface area contributed by atoms with Gasteiger partial charge >= 0.3 is 0 Å². The van der Waals surface area contributed by atoms with Gasteiger partial charge < -0.3 is 5.32 Å². The molecule has 1 aromatic carbocycles. The fourth-order valence-electron chi connectivity index (χ4n) is 2.13. The van der Waals surface area contributed by atoms with Crippen LogP contribution < -0.4 is 5.32 Å². The van der Waals surface area contributed by atoms with Gasteiger partial charge in [-0.15, -0.1) is 11.3 Å². The van der Waals surface area contributed by atoms with E-state index in [-0.39, 0.29) is 23.7 Å². The van der Waals surface area contributed by atoms with Crippen molar-refractivity contribution in [3.05, 3.63) is 58.0 Å². The standard InChI is InChI=1S/C17H20FNOS/c1-3-12(2)19-17(20)16(11-15-5-4-10-21-15)13-6-8-14(18)9-7-13/h4-10,12,16H,3,11H2,1-2H3,(H,19,20). The normalized spacial score (nSPS) is 13.7. The lowest BCUT2D eigenvalue weighted by molar-refractivity contribution is -0.123. The van der Waals surface area contributed by atoms with E-state index >= 15 is 0 Å². The third-order valence-corrected chi connectivity index (χ3v) is 4.47. The molecule has 0 aliphatic carbocycles. The summed E-state index contributed by atoms with van der Waals surface area (Å²) in [5.41, 5.74) is 0.852. The fourth-order valence-corrected chi connectivity index (χ4v) is 2.88. The summed E-state index contributed by atoms with van der Waals surface area (Å²) in [5.74, 6) is -0.557. The molecular formula is C17H20FNOS. The van der Waals surface area contributed by atoms with Crippen LogP contribution in [0, 0.1) is 5.82 Å². The Morgan fingerprint density at radius 1 is 1.29 bits per heavy atom. The predicted octanol–water partition coefficient (Wildman–Crippen LogP) is 4.13. The van der Waals surface area contributed by atoms with E-state index in [4.69, 9.17) is 0 Å². The number of thiophene rings is 1. The van der Waals surface area contributed by atoms with Gasteiger partial charge in [0.05, 0.1) is 5.92 Å². The van der Waals surface area contributed by atoms with E-state index in [1.807, 2.05) is 31.4 Å². The summed E-state index contributed by atoms with van der Waals surface area (Å²) in [6, 6.07) is 10.4. The molecule has 2 aromatic rings. The van der Waals surface area contributed by atoms with Gasteiger partial charge in [0, 0.05) is 10.9 Å². The number of benzene rings is 1. The Labute approximate surface area is 129 Å². The second-order valence-electron chi connectivity index (χ2n) is 5.21. The molecular weight excluding hydrogens is 285 g/mol. The van der Waals surface area contributed by atoms with Gasteiger partial charge in [0.25, 0.3) is 0 Å². The largest absolute Gasteiger partial charge is 0.353 e. The summed E-state index contributed by atoms with van der Waals surface area (Å²) in [7, 11) is 0. The van der Waals surface area contributed by atoms with Crippen molar-refractivity contribution < 1.29 is 9.18 Å². The minimum atomic E-state index is -0.282. The third-order valence-electron chi connectivity index (χ3n) is 3.58. The van der Waals surface area contributed by atoms with Gasteiger partial charge in [-0.3, -0.25) is 4.79 Å². The highest BCUT2D eigenvalue weighted by atomic mass is 32.1. The molecule has 2 unspecified atom stereocenters. The van der Waals surface area contributed by atoms with Crippen LogP contribution in [-0.2, 0) is 11.2 Å². The van der Waals surface area contributed by atoms with Crippen molar-refractivity contribution in [3.63, 3.8) is 0 Å². The van der Waals surface area contributed by atoms with Crippen LogP contribution in [-0.4, -0.2) is 11.9 Å². The number of hydrogen-bond acceptors (Lipinski definition) is 2. The first-order valence-corrected chi connectivity index (χ1v) is 8.06. The fraction of sp³-hybridized carbons (Fsp3) is 0.353. The van der Waals surface area contributed by atoms with Crippen molar-refractivity contribution >= 4 is 17.2 Å². The molecule has 21 heavy (non-hydrogen) atoms. The van der Waals surface area contributed by atoms with E-state index in [1.54, 1.807) is 23.5 Å². The van der Waals surface area contributed by atoms with Crippen molar-refractivity contribution in [2.24, 2.45) is 0 Å². The first-order valence-electron chi connectivity index (χ1n) is 7.18. The second kappa shape index (κ2) is 7.36. The van der Waals surface area contributed by atoms with Crippen molar-refractivity contribution in [2.45, 2.75) is 38.6 Å². The maximum absolute atomic E-state index is 13.1. The Balaban J connectivity index is 2.21. The second-order valence-corrected chi connectivity index (χ2v) is 6.24. The van der Waals surface area contributed by atoms with Gasteiger partial charge in [0.1, 0.15) is 5.82 Å². The van der Waals surface area contributed by atoms with Crippen molar-refractivity contribution in [1.82, 2.24) is 5.32 Å². The average Bonchev–Trinajstić information content (AvgIpc) is 2.98. The molecule has 0 bridgehead atoms. The Morgan fingerprint density at radius 2 is 2.00 bits per heavy atom. The lowest BCUT2D eigenvalue weighted by Crippen LogP contribution is -2.36. The zero-order chi connectivity index (χ0) is 15.2. The van der Waals surface area contributed by atoms with E-state index in [1.165, 1.54) is 12.1 Å². The molecule has 0 aliphatic rings. The molecule has 0 aliphatic heterocycles. The smallest absolute Gasteiger partial charge is 0.228 e. The topological polar surface area (TPSA) is 29.1 Å². The molecule has 1 amide bonds. The van der Waals surface area contributed by atoms with Crippen LogP contribution in [0.4, 0.5) is 4.39 Å². The molecule has 1 heterocycles. The molecule has 1 aromatic heterocycles. The number of hydrogen-bond donors (Lipinski definition) is 1. The van der Waals surface area contributed by atoms with Gasteiger partial charge in [-0.2, -0.15) is 0 Å². The van der Waals surface area contributed by atoms with Gasteiger partial charge in [-0.05, 0) is 48.9 Å². The first kappa shape index (κ1) is 15.7. The van der Waals surface area contributed by atoms with Gasteiger partial charge in [0.15, 0.2) is 0 Å². The van der Waals surface area contributed by atoms with Gasteiger partial charge in [-0.25, -0.2) is 4.39 Å². The summed E-state index contributed by atoms with van der Waals surface area (Å²) in [4.78, 5) is 13.7. The lowest BCUT2D eigenvalue weighted by Gasteiger charge is -2.19. The monoisotopic (exact) mass is 305 g/mol. The Morgan fingerprint density at radius 3 is 2.57 bits per heavy atom. The minimum Gasteiger partial charge on any atom is -0.353 e. The Hall–Kier alpha value is -1.68. The Kier molecular flexibility index (Phi) is 5.51. The van der Waals surface area contributed by atoms with Gasteiger partial charge in [-0.1, -0.05) is 25.1 Å². The van der Waals surface area contributed by atoms with Crippen LogP contribution in [0.3, 0.4) is 0 Å². The number of amides is 1. The summed E-state index contributed by atoms with van der Waals surface area (Å²) < 4.78 is 13.1. The number of rotatable bonds is 6. The van der Waals surface area contributed by atoms with Crippen LogP contribution in [0.2, 0.25) is 0 Å². The number of carbonyl (C=O) groups is 1. The molecule has 0 saturated carbocycles. The summed E-state index contributed by atoms with van der Waals surface area (Å²) >= 11 is 1.64. The molecule has 0 saturated heterocycles. The predicted molar refractivity (Wildman–Crippen MR) is 85.1 cm³/mol. The van der Waals surface area contributed by atoms with Crippen LogP contribution in [0.1, 0.15) is 36.6 Å². The van der Waals surface area contributed by atoms with E-state index in [0.29, 0.717) is 6.42 Å². The van der Waals surface area contributed by atoms with Crippen LogP contribution >= 0.6 is 11.3 Å². The highest BCUT2D eigenvalue weighted by Gasteiger charge is 2.22. The molecule has 2 rings (SSSR count). The minimum absolute atomic E-state index is 0.00404. The van der Waals surface area contributed by atoms with Crippen LogP contribution in [0.15, 0.2) is 41.8 Å². The molecule has 0 spiro atoms. The molecule has 112 valence electrons. The van der Waals surface area contributed by atoms with Crippen molar-refractivity contribution in [3.8, 4) is 0 Å². The van der Waals surface area contributed by atoms with Gasteiger partial charge in [0.2, 0.25) is 5.91 Å². The van der Waals surface area contributed by atoms with E-state index < -0.39 is 0 Å². The van der Waals surface area contributed by atoms with Crippen molar-refractivity contribution in [2.75, 3.05) is 0 Å². The van der Waals surface area contributed by atoms with E-state index in [0.717, 1.165) is 16.9 Å². The molecule has 4 heteroatoms. The summed E-state index contributed by atoms with van der Waals surface area (Å²) in [6.07, 6.45) is 1.53. The van der Waals surface area contributed by atoms with E-state index in [2.05, 4.69) is 5.32 Å². The molecule has 2 nitrogen and oxygen atoms in total. The molecule has 2 atom stereocenters. The molecule has 0 radical (unpaired) electrons. The highest BCUT2D eigenvalue weighted by Crippen LogP contribution is 2.24. The zero-order valence-electron chi connectivity index (χ0n) is 12.3. The maximum atomic E-state index is 13.1. The molecule has 0 fully saturated rings. The molecule has 1 N–H and O–H groups in total. The van der Waals surface area contributed by atoms with Crippen LogP contribution in [0.25, 0.3) is 0 Å². The quantitative estimate of drug-likeness (QED) is 0.854. The summed E-state index contributed by atoms with van der Waals surface area (Å²) in [6.45, 7) is 4.03.